The van der Waals surface area contributed by atoms with Crippen molar-refractivity contribution < 1.29 is 4.74 Å². The number of rotatable bonds is 8. The number of aryl methyl sites for hydroxylation is 2. The van der Waals surface area contributed by atoms with Gasteiger partial charge in [0.25, 0.3) is 0 Å². The summed E-state index contributed by atoms with van der Waals surface area (Å²) < 4.78 is 6.14. The molecule has 24 heavy (non-hydrogen) atoms. The summed E-state index contributed by atoms with van der Waals surface area (Å²) in [4.78, 5) is 0. The van der Waals surface area contributed by atoms with Gasteiger partial charge in [0.15, 0.2) is 0 Å². The zero-order valence-corrected chi connectivity index (χ0v) is 14.7. The van der Waals surface area contributed by atoms with Gasteiger partial charge in [0.05, 0.1) is 6.61 Å². The molecule has 3 rings (SSSR count). The van der Waals surface area contributed by atoms with Crippen LogP contribution in [0, 0.1) is 5.92 Å². The van der Waals surface area contributed by atoms with E-state index < -0.39 is 0 Å². The van der Waals surface area contributed by atoms with Gasteiger partial charge in [0.2, 0.25) is 0 Å². The van der Waals surface area contributed by atoms with Gasteiger partial charge >= 0.3 is 0 Å². The third-order valence-corrected chi connectivity index (χ3v) is 4.89. The standard InChI is InChI=1S/C22H29NO/c1-18-15-20(16-23-18)17-24-22-14-8-7-13-21(22)12-6-5-11-19-9-3-2-4-10-19/h2-4,7-10,13-14,18,20,23H,5-6,11-12,15-17H2,1H3. The van der Waals surface area contributed by atoms with Gasteiger partial charge in [0, 0.05) is 18.5 Å². The van der Waals surface area contributed by atoms with E-state index in [9.17, 15) is 0 Å². The highest BCUT2D eigenvalue weighted by atomic mass is 16.5. The maximum Gasteiger partial charge on any atom is 0.122 e. The number of hydrogen-bond acceptors (Lipinski definition) is 2. The molecule has 2 aromatic carbocycles. The predicted octanol–water partition coefficient (Wildman–Crippen LogP) is 4.63. The van der Waals surface area contributed by atoms with Crippen LogP contribution in [0.25, 0.3) is 0 Å². The van der Waals surface area contributed by atoms with Gasteiger partial charge in [-0.1, -0.05) is 48.5 Å². The fourth-order valence-corrected chi connectivity index (χ4v) is 3.51. The Morgan fingerprint density at radius 2 is 1.71 bits per heavy atom. The van der Waals surface area contributed by atoms with Crippen LogP contribution in [0.3, 0.4) is 0 Å². The van der Waals surface area contributed by atoms with Gasteiger partial charge in [-0.25, -0.2) is 0 Å². The van der Waals surface area contributed by atoms with E-state index in [2.05, 4.69) is 66.8 Å². The third-order valence-electron chi connectivity index (χ3n) is 4.89. The molecule has 1 fully saturated rings. The number of hydrogen-bond donors (Lipinski definition) is 1. The maximum atomic E-state index is 6.14. The largest absolute Gasteiger partial charge is 0.493 e. The first-order valence-electron chi connectivity index (χ1n) is 9.29. The molecule has 0 saturated carbocycles. The second kappa shape index (κ2) is 8.89. The minimum atomic E-state index is 0.631. The van der Waals surface area contributed by atoms with E-state index in [-0.39, 0.29) is 0 Å². The molecule has 1 saturated heterocycles. The first-order chi connectivity index (χ1) is 11.8. The molecule has 1 N–H and O–H groups in total. The van der Waals surface area contributed by atoms with Crippen LogP contribution in [-0.2, 0) is 12.8 Å². The van der Waals surface area contributed by atoms with Gasteiger partial charge in [-0.05, 0) is 56.2 Å². The quantitative estimate of drug-likeness (QED) is 0.715. The highest BCUT2D eigenvalue weighted by Gasteiger charge is 2.21. The average Bonchev–Trinajstić information content (AvgIpc) is 3.04. The Morgan fingerprint density at radius 1 is 0.958 bits per heavy atom. The van der Waals surface area contributed by atoms with E-state index >= 15 is 0 Å². The normalized spacial score (nSPS) is 20.2. The SMILES string of the molecule is CC1CC(COc2ccccc2CCCCc2ccccc2)CN1. The summed E-state index contributed by atoms with van der Waals surface area (Å²) in [5.74, 6) is 1.72. The van der Waals surface area contributed by atoms with E-state index in [4.69, 9.17) is 4.74 Å². The number of unbranched alkanes of at least 4 members (excludes halogenated alkanes) is 1. The number of nitrogens with one attached hydrogen (secondary N) is 1. The van der Waals surface area contributed by atoms with Crippen LogP contribution >= 0.6 is 0 Å². The van der Waals surface area contributed by atoms with Crippen molar-refractivity contribution in [3.05, 3.63) is 65.7 Å². The highest BCUT2D eigenvalue weighted by Crippen LogP contribution is 2.23. The molecule has 0 spiro atoms. The molecule has 1 heterocycles. The van der Waals surface area contributed by atoms with Crippen molar-refractivity contribution in [2.45, 2.75) is 45.1 Å². The lowest BCUT2D eigenvalue weighted by atomic mass is 10.0. The zero-order chi connectivity index (χ0) is 16.6. The topological polar surface area (TPSA) is 21.3 Å². The molecule has 2 aromatic rings. The second-order valence-electron chi connectivity index (χ2n) is 7.02. The highest BCUT2D eigenvalue weighted by molar-refractivity contribution is 5.33. The van der Waals surface area contributed by atoms with Gasteiger partial charge < -0.3 is 10.1 Å². The number of para-hydroxylation sites is 1. The summed E-state index contributed by atoms with van der Waals surface area (Å²) in [7, 11) is 0. The van der Waals surface area contributed by atoms with Crippen LogP contribution in [0.5, 0.6) is 5.75 Å². The molecule has 0 bridgehead atoms. The summed E-state index contributed by atoms with van der Waals surface area (Å²) in [6, 6.07) is 19.9. The third kappa shape index (κ3) is 5.10. The predicted molar refractivity (Wildman–Crippen MR) is 101 cm³/mol. The lowest BCUT2D eigenvalue weighted by Gasteiger charge is -2.14. The van der Waals surface area contributed by atoms with E-state index in [1.54, 1.807) is 0 Å². The molecule has 1 aliphatic rings. The lowest BCUT2D eigenvalue weighted by molar-refractivity contribution is 0.256. The van der Waals surface area contributed by atoms with Crippen molar-refractivity contribution in [1.29, 1.82) is 0 Å². The fraction of sp³-hybridized carbons (Fsp3) is 0.455. The molecule has 1 aliphatic heterocycles. The minimum absolute atomic E-state index is 0.631. The molecule has 2 unspecified atom stereocenters. The van der Waals surface area contributed by atoms with Crippen LogP contribution in [0.4, 0.5) is 0 Å². The Hall–Kier alpha value is -1.80. The molecular formula is C22H29NO. The van der Waals surface area contributed by atoms with E-state index in [0.29, 0.717) is 12.0 Å². The Balaban J connectivity index is 1.45. The van der Waals surface area contributed by atoms with Gasteiger partial charge in [0.1, 0.15) is 5.75 Å². The Kier molecular flexibility index (Phi) is 6.31. The summed E-state index contributed by atoms with van der Waals surface area (Å²) in [5.41, 5.74) is 2.79. The fourth-order valence-electron chi connectivity index (χ4n) is 3.51. The smallest absolute Gasteiger partial charge is 0.122 e. The van der Waals surface area contributed by atoms with Crippen LogP contribution in [0.2, 0.25) is 0 Å². The summed E-state index contributed by atoms with van der Waals surface area (Å²) >= 11 is 0. The molecule has 2 heteroatoms. The van der Waals surface area contributed by atoms with Crippen molar-refractivity contribution in [3.8, 4) is 5.75 Å². The Morgan fingerprint density at radius 3 is 2.50 bits per heavy atom. The lowest BCUT2D eigenvalue weighted by Crippen LogP contribution is -2.18. The molecule has 0 amide bonds. The van der Waals surface area contributed by atoms with Crippen molar-refractivity contribution in [2.75, 3.05) is 13.2 Å². The van der Waals surface area contributed by atoms with Crippen molar-refractivity contribution in [3.63, 3.8) is 0 Å². The summed E-state index contributed by atoms with van der Waals surface area (Å²) in [6.07, 6.45) is 5.91. The average molecular weight is 323 g/mol. The van der Waals surface area contributed by atoms with Crippen LogP contribution in [-0.4, -0.2) is 19.2 Å². The van der Waals surface area contributed by atoms with E-state index in [1.165, 1.54) is 30.4 Å². The van der Waals surface area contributed by atoms with Crippen LogP contribution in [0.15, 0.2) is 54.6 Å². The summed E-state index contributed by atoms with van der Waals surface area (Å²) in [6.45, 7) is 4.17. The molecule has 0 aromatic heterocycles. The first kappa shape index (κ1) is 17.0. The van der Waals surface area contributed by atoms with Gasteiger partial charge in [-0.3, -0.25) is 0 Å². The monoisotopic (exact) mass is 323 g/mol. The Labute approximate surface area is 146 Å². The molecule has 0 radical (unpaired) electrons. The minimum Gasteiger partial charge on any atom is -0.493 e. The maximum absolute atomic E-state index is 6.14. The second-order valence-corrected chi connectivity index (χ2v) is 7.02. The molecular weight excluding hydrogens is 294 g/mol. The van der Waals surface area contributed by atoms with E-state index in [0.717, 1.165) is 31.7 Å². The number of ether oxygens (including phenoxy) is 1. The summed E-state index contributed by atoms with van der Waals surface area (Å²) in [5, 5.41) is 3.50. The molecule has 0 aliphatic carbocycles. The van der Waals surface area contributed by atoms with Crippen LogP contribution in [0.1, 0.15) is 37.3 Å². The van der Waals surface area contributed by atoms with E-state index in [1.807, 2.05) is 0 Å². The number of benzene rings is 2. The van der Waals surface area contributed by atoms with Crippen molar-refractivity contribution in [1.82, 2.24) is 5.32 Å². The van der Waals surface area contributed by atoms with Crippen LogP contribution < -0.4 is 10.1 Å². The molecule has 128 valence electrons. The van der Waals surface area contributed by atoms with Crippen molar-refractivity contribution in [2.24, 2.45) is 5.92 Å². The first-order valence-corrected chi connectivity index (χ1v) is 9.29. The van der Waals surface area contributed by atoms with Crippen molar-refractivity contribution >= 4 is 0 Å². The Bertz CT molecular complexity index is 610. The molecule has 2 atom stereocenters. The van der Waals surface area contributed by atoms with Gasteiger partial charge in [-0.15, -0.1) is 0 Å². The molecule has 2 nitrogen and oxygen atoms in total. The zero-order valence-electron chi connectivity index (χ0n) is 14.7. The van der Waals surface area contributed by atoms with Gasteiger partial charge in [-0.2, -0.15) is 0 Å².